The number of amides is 1. The first kappa shape index (κ1) is 13.8. The summed E-state index contributed by atoms with van der Waals surface area (Å²) in [4.78, 5) is 22.4. The minimum absolute atomic E-state index is 0.108. The molecule has 0 spiro atoms. The molecular weight excluding hydrogens is 254 g/mol. The topological polar surface area (TPSA) is 55.4 Å². The van der Waals surface area contributed by atoms with Gasteiger partial charge in [-0.1, -0.05) is 24.3 Å². The lowest BCUT2D eigenvalue weighted by molar-refractivity contribution is -0.114. The number of carbonyl (C=O) groups excluding carboxylic acids is 2. The summed E-state index contributed by atoms with van der Waals surface area (Å²) >= 11 is 0. The first-order valence-electron chi connectivity index (χ1n) is 6.16. The fraction of sp³-hybridized carbons (Fsp3) is 0.125. The van der Waals surface area contributed by atoms with E-state index in [1.165, 1.54) is 14.0 Å². The van der Waals surface area contributed by atoms with Gasteiger partial charge in [0.25, 0.3) is 0 Å². The average Bonchev–Trinajstić information content (AvgIpc) is 2.46. The van der Waals surface area contributed by atoms with Crippen LogP contribution in [0.3, 0.4) is 0 Å². The maximum Gasteiger partial charge on any atom is 0.337 e. The van der Waals surface area contributed by atoms with Gasteiger partial charge in [0, 0.05) is 12.6 Å². The molecular formula is C16H15NO3. The van der Waals surface area contributed by atoms with Crippen molar-refractivity contribution in [2.24, 2.45) is 0 Å². The molecule has 0 aliphatic heterocycles. The van der Waals surface area contributed by atoms with Gasteiger partial charge in [-0.25, -0.2) is 4.79 Å². The van der Waals surface area contributed by atoms with Crippen LogP contribution < -0.4 is 5.32 Å². The van der Waals surface area contributed by atoms with Crippen LogP contribution in [0.4, 0.5) is 5.69 Å². The smallest absolute Gasteiger partial charge is 0.337 e. The van der Waals surface area contributed by atoms with Crippen molar-refractivity contribution >= 4 is 17.6 Å². The highest BCUT2D eigenvalue weighted by Crippen LogP contribution is 2.23. The van der Waals surface area contributed by atoms with E-state index in [4.69, 9.17) is 0 Å². The number of nitrogens with one attached hydrogen (secondary N) is 1. The van der Waals surface area contributed by atoms with Gasteiger partial charge < -0.3 is 10.1 Å². The zero-order chi connectivity index (χ0) is 14.5. The number of hydrogen-bond donors (Lipinski definition) is 1. The molecule has 0 atom stereocenters. The molecule has 2 aromatic carbocycles. The van der Waals surface area contributed by atoms with E-state index in [0.717, 1.165) is 16.8 Å². The summed E-state index contributed by atoms with van der Waals surface area (Å²) in [5, 5.41) is 2.74. The Morgan fingerprint density at radius 1 is 1.00 bits per heavy atom. The van der Waals surface area contributed by atoms with E-state index >= 15 is 0 Å². The summed E-state index contributed by atoms with van der Waals surface area (Å²) in [5.41, 5.74) is 3.18. The quantitative estimate of drug-likeness (QED) is 0.871. The van der Waals surface area contributed by atoms with Gasteiger partial charge in [0.05, 0.1) is 12.7 Å². The summed E-state index contributed by atoms with van der Waals surface area (Å²) in [5.74, 6) is -0.466. The molecule has 20 heavy (non-hydrogen) atoms. The molecule has 4 nitrogen and oxygen atoms in total. The van der Waals surface area contributed by atoms with Crippen molar-refractivity contribution in [1.82, 2.24) is 0 Å². The molecule has 0 unspecified atom stereocenters. The van der Waals surface area contributed by atoms with Crippen molar-refractivity contribution in [1.29, 1.82) is 0 Å². The second kappa shape index (κ2) is 6.02. The molecule has 0 saturated carbocycles. The minimum Gasteiger partial charge on any atom is -0.465 e. The van der Waals surface area contributed by atoms with Gasteiger partial charge in [-0.3, -0.25) is 4.79 Å². The van der Waals surface area contributed by atoms with Crippen LogP contribution in [0.15, 0.2) is 48.5 Å². The van der Waals surface area contributed by atoms with Crippen LogP contribution >= 0.6 is 0 Å². The van der Waals surface area contributed by atoms with E-state index in [2.05, 4.69) is 10.1 Å². The summed E-state index contributed by atoms with van der Waals surface area (Å²) < 4.78 is 4.66. The first-order chi connectivity index (χ1) is 9.60. The monoisotopic (exact) mass is 269 g/mol. The second-order valence-electron chi connectivity index (χ2n) is 4.33. The molecule has 2 aromatic rings. The fourth-order valence-corrected chi connectivity index (χ4v) is 1.90. The maximum atomic E-state index is 11.4. The zero-order valence-electron chi connectivity index (χ0n) is 11.3. The Morgan fingerprint density at radius 3 is 2.30 bits per heavy atom. The third-order valence-corrected chi connectivity index (χ3v) is 2.82. The summed E-state index contributed by atoms with van der Waals surface area (Å²) in [6, 6.07) is 14.6. The highest BCUT2D eigenvalue weighted by molar-refractivity contribution is 5.91. The van der Waals surface area contributed by atoms with Crippen molar-refractivity contribution in [2.75, 3.05) is 12.4 Å². The number of ether oxygens (including phenoxy) is 1. The number of esters is 1. The third kappa shape index (κ3) is 3.23. The molecule has 0 radical (unpaired) electrons. The average molecular weight is 269 g/mol. The SMILES string of the molecule is COC(=O)c1ccc(-c2cccc(NC(C)=O)c2)cc1. The summed E-state index contributed by atoms with van der Waals surface area (Å²) in [6.45, 7) is 1.47. The number of carbonyl (C=O) groups is 2. The molecule has 0 saturated heterocycles. The molecule has 0 bridgehead atoms. The Labute approximate surface area is 117 Å². The molecule has 0 heterocycles. The van der Waals surface area contributed by atoms with Crippen LogP contribution in [-0.4, -0.2) is 19.0 Å². The highest BCUT2D eigenvalue weighted by atomic mass is 16.5. The van der Waals surface area contributed by atoms with Gasteiger partial charge in [-0.2, -0.15) is 0 Å². The lowest BCUT2D eigenvalue weighted by atomic mass is 10.0. The van der Waals surface area contributed by atoms with E-state index in [9.17, 15) is 9.59 Å². The molecule has 1 amide bonds. The van der Waals surface area contributed by atoms with E-state index in [1.807, 2.05) is 36.4 Å². The molecule has 1 N–H and O–H groups in total. The van der Waals surface area contributed by atoms with Crippen molar-refractivity contribution in [3.63, 3.8) is 0 Å². The van der Waals surface area contributed by atoms with Gasteiger partial charge in [0.2, 0.25) is 5.91 Å². The number of hydrogen-bond acceptors (Lipinski definition) is 3. The van der Waals surface area contributed by atoms with Gasteiger partial charge >= 0.3 is 5.97 Å². The number of benzene rings is 2. The maximum absolute atomic E-state index is 11.4. The van der Waals surface area contributed by atoms with Crippen LogP contribution in [0, 0.1) is 0 Å². The van der Waals surface area contributed by atoms with Crippen LogP contribution in [0.5, 0.6) is 0 Å². The summed E-state index contributed by atoms with van der Waals surface area (Å²) in [6.07, 6.45) is 0. The Balaban J connectivity index is 2.27. The van der Waals surface area contributed by atoms with Crippen LogP contribution in [0.2, 0.25) is 0 Å². The van der Waals surface area contributed by atoms with Gasteiger partial charge in [-0.15, -0.1) is 0 Å². The number of anilines is 1. The third-order valence-electron chi connectivity index (χ3n) is 2.82. The lowest BCUT2D eigenvalue weighted by Crippen LogP contribution is -2.05. The van der Waals surface area contributed by atoms with Crippen molar-refractivity contribution < 1.29 is 14.3 Å². The predicted molar refractivity (Wildman–Crippen MR) is 77.5 cm³/mol. The zero-order valence-corrected chi connectivity index (χ0v) is 11.3. The first-order valence-corrected chi connectivity index (χ1v) is 6.16. The van der Waals surface area contributed by atoms with E-state index < -0.39 is 0 Å². The van der Waals surface area contributed by atoms with E-state index in [1.54, 1.807) is 12.1 Å². The Bertz CT molecular complexity index is 632. The van der Waals surface area contributed by atoms with Crippen molar-refractivity contribution in [3.05, 3.63) is 54.1 Å². The van der Waals surface area contributed by atoms with Crippen molar-refractivity contribution in [2.45, 2.75) is 6.92 Å². The normalized spacial score (nSPS) is 9.90. The van der Waals surface area contributed by atoms with Crippen LogP contribution in [-0.2, 0) is 9.53 Å². The van der Waals surface area contributed by atoms with E-state index in [-0.39, 0.29) is 11.9 Å². The van der Waals surface area contributed by atoms with Crippen LogP contribution in [0.1, 0.15) is 17.3 Å². The minimum atomic E-state index is -0.358. The largest absolute Gasteiger partial charge is 0.465 e. The Hall–Kier alpha value is -2.62. The number of methoxy groups -OCH3 is 1. The second-order valence-corrected chi connectivity index (χ2v) is 4.33. The molecule has 2 rings (SSSR count). The van der Waals surface area contributed by atoms with Gasteiger partial charge in [0.1, 0.15) is 0 Å². The van der Waals surface area contributed by atoms with E-state index in [0.29, 0.717) is 5.56 Å². The molecule has 0 aliphatic carbocycles. The molecule has 4 heteroatoms. The Kier molecular flexibility index (Phi) is 4.15. The van der Waals surface area contributed by atoms with Gasteiger partial charge in [0.15, 0.2) is 0 Å². The standard InChI is InChI=1S/C16H15NO3/c1-11(18)17-15-5-3-4-14(10-15)12-6-8-13(9-7-12)16(19)20-2/h3-10H,1-2H3,(H,17,18). The molecule has 102 valence electrons. The Morgan fingerprint density at radius 2 is 1.70 bits per heavy atom. The highest BCUT2D eigenvalue weighted by Gasteiger charge is 2.05. The van der Waals surface area contributed by atoms with Gasteiger partial charge in [-0.05, 0) is 35.4 Å². The fourth-order valence-electron chi connectivity index (χ4n) is 1.90. The predicted octanol–water partition coefficient (Wildman–Crippen LogP) is 3.10. The molecule has 0 aromatic heterocycles. The van der Waals surface area contributed by atoms with Crippen LogP contribution in [0.25, 0.3) is 11.1 Å². The number of rotatable bonds is 3. The molecule has 0 fully saturated rings. The van der Waals surface area contributed by atoms with Crippen molar-refractivity contribution in [3.8, 4) is 11.1 Å². The molecule has 0 aliphatic rings. The summed E-state index contributed by atoms with van der Waals surface area (Å²) in [7, 11) is 1.35. The lowest BCUT2D eigenvalue weighted by Gasteiger charge is -2.07.